The Hall–Kier alpha value is -0.900. The number of nitrogens with zero attached hydrogens (tertiary/aromatic N) is 2. The Labute approximate surface area is 74.6 Å². The number of hydrogen-bond acceptors (Lipinski definition) is 4. The molecule has 1 aliphatic heterocycles. The van der Waals surface area contributed by atoms with E-state index < -0.39 is 0 Å². The molecule has 4 heteroatoms. The van der Waals surface area contributed by atoms with E-state index in [9.17, 15) is 4.79 Å². The number of carbonyl (C=O) groups excluding carboxylic acids is 1. The molecule has 3 nitrogen and oxygen atoms in total. The van der Waals surface area contributed by atoms with E-state index in [1.54, 1.807) is 11.8 Å². The summed E-state index contributed by atoms with van der Waals surface area (Å²) < 4.78 is 0. The van der Waals surface area contributed by atoms with E-state index in [4.69, 9.17) is 0 Å². The summed E-state index contributed by atoms with van der Waals surface area (Å²) in [4.78, 5) is 19.0. The minimum absolute atomic E-state index is 0.572. The molecule has 0 saturated carbocycles. The lowest BCUT2D eigenvalue weighted by Gasteiger charge is -2.00. The topological polar surface area (TPSA) is 42.9 Å². The van der Waals surface area contributed by atoms with Gasteiger partial charge in [0.1, 0.15) is 11.5 Å². The maximum Gasteiger partial charge on any atom is 0.168 e. The molecule has 2 rings (SSSR count). The fraction of sp³-hybridized carbons (Fsp3) is 0.375. The van der Waals surface area contributed by atoms with Gasteiger partial charge >= 0.3 is 0 Å². The number of thioether (sulfide) groups is 1. The van der Waals surface area contributed by atoms with Crippen LogP contribution in [0.2, 0.25) is 0 Å². The Kier molecular flexibility index (Phi) is 1.84. The normalized spacial score (nSPS) is 14.4. The molecule has 0 unspecified atom stereocenters. The number of rotatable bonds is 1. The molecule has 12 heavy (non-hydrogen) atoms. The highest BCUT2D eigenvalue weighted by atomic mass is 32.2. The lowest BCUT2D eigenvalue weighted by atomic mass is 10.2. The standard InChI is InChI=1S/C8H8N2OS/c1-5-9-7(2-11)6-3-12-4-8(6)10-5/h2H,3-4H2,1H3. The van der Waals surface area contributed by atoms with E-state index >= 15 is 0 Å². The molecule has 0 aromatic carbocycles. The lowest BCUT2D eigenvalue weighted by Crippen LogP contribution is -2.01. The molecule has 0 amide bonds. The van der Waals surface area contributed by atoms with Gasteiger partial charge in [-0.05, 0) is 6.92 Å². The first kappa shape index (κ1) is 7.73. The Bertz CT molecular complexity index is 338. The third-order valence-electron chi connectivity index (χ3n) is 1.83. The van der Waals surface area contributed by atoms with E-state index in [2.05, 4.69) is 9.97 Å². The van der Waals surface area contributed by atoms with Gasteiger partial charge in [0.15, 0.2) is 6.29 Å². The lowest BCUT2D eigenvalue weighted by molar-refractivity contribution is 0.111. The largest absolute Gasteiger partial charge is 0.296 e. The van der Waals surface area contributed by atoms with Gasteiger partial charge in [-0.25, -0.2) is 9.97 Å². The third-order valence-corrected chi connectivity index (χ3v) is 2.80. The molecule has 0 aliphatic carbocycles. The third kappa shape index (κ3) is 1.12. The van der Waals surface area contributed by atoms with Crippen molar-refractivity contribution in [2.75, 3.05) is 0 Å². The molecule has 1 aromatic rings. The molecule has 0 spiro atoms. The molecule has 0 fully saturated rings. The van der Waals surface area contributed by atoms with E-state index in [-0.39, 0.29) is 0 Å². The predicted octanol–water partition coefficient (Wildman–Crippen LogP) is 1.34. The minimum Gasteiger partial charge on any atom is -0.296 e. The van der Waals surface area contributed by atoms with Crippen LogP contribution in [0.15, 0.2) is 0 Å². The molecular weight excluding hydrogens is 172 g/mol. The van der Waals surface area contributed by atoms with Crippen molar-refractivity contribution < 1.29 is 4.79 Å². The number of hydrogen-bond donors (Lipinski definition) is 0. The van der Waals surface area contributed by atoms with E-state index in [1.807, 2.05) is 6.92 Å². The summed E-state index contributed by atoms with van der Waals surface area (Å²) in [6, 6.07) is 0. The van der Waals surface area contributed by atoms with Gasteiger partial charge < -0.3 is 0 Å². The van der Waals surface area contributed by atoms with Crippen LogP contribution in [0.3, 0.4) is 0 Å². The van der Waals surface area contributed by atoms with Crippen LogP contribution in [0.4, 0.5) is 0 Å². The van der Waals surface area contributed by atoms with Gasteiger partial charge in [-0.2, -0.15) is 11.8 Å². The average molecular weight is 180 g/mol. The van der Waals surface area contributed by atoms with Gasteiger partial charge in [0.25, 0.3) is 0 Å². The molecule has 2 heterocycles. The Morgan fingerprint density at radius 3 is 3.00 bits per heavy atom. The van der Waals surface area contributed by atoms with Crippen molar-refractivity contribution in [3.05, 3.63) is 22.8 Å². The summed E-state index contributed by atoms with van der Waals surface area (Å²) in [6.07, 6.45) is 0.819. The van der Waals surface area contributed by atoms with Crippen LogP contribution in [0, 0.1) is 6.92 Å². The first-order chi connectivity index (χ1) is 5.81. The molecule has 1 aromatic heterocycles. The fourth-order valence-electron chi connectivity index (χ4n) is 1.30. The van der Waals surface area contributed by atoms with Crippen molar-refractivity contribution in [1.82, 2.24) is 9.97 Å². The van der Waals surface area contributed by atoms with Crippen LogP contribution in [-0.2, 0) is 11.5 Å². The zero-order valence-electron chi connectivity index (χ0n) is 6.70. The monoisotopic (exact) mass is 180 g/mol. The van der Waals surface area contributed by atoms with Crippen molar-refractivity contribution in [2.24, 2.45) is 0 Å². The van der Waals surface area contributed by atoms with Crippen molar-refractivity contribution in [3.8, 4) is 0 Å². The van der Waals surface area contributed by atoms with Crippen molar-refractivity contribution in [3.63, 3.8) is 0 Å². The molecule has 0 N–H and O–H groups in total. The van der Waals surface area contributed by atoms with E-state index in [0.717, 1.165) is 29.0 Å². The second kappa shape index (κ2) is 2.86. The smallest absolute Gasteiger partial charge is 0.168 e. The van der Waals surface area contributed by atoms with Crippen molar-refractivity contribution >= 4 is 18.0 Å². The molecular formula is C8H8N2OS. The van der Waals surface area contributed by atoms with Gasteiger partial charge in [-0.1, -0.05) is 0 Å². The summed E-state index contributed by atoms with van der Waals surface area (Å²) in [5, 5.41) is 0. The van der Waals surface area contributed by atoms with Gasteiger partial charge in [-0.3, -0.25) is 4.79 Å². The second-order valence-corrected chi connectivity index (χ2v) is 3.68. The quantitative estimate of drug-likeness (QED) is 0.612. The van der Waals surface area contributed by atoms with Crippen molar-refractivity contribution in [1.29, 1.82) is 0 Å². The van der Waals surface area contributed by atoms with Crippen LogP contribution in [-0.4, -0.2) is 16.3 Å². The molecule has 0 atom stereocenters. The van der Waals surface area contributed by atoms with Crippen molar-refractivity contribution in [2.45, 2.75) is 18.4 Å². The number of aromatic nitrogens is 2. The summed E-state index contributed by atoms with van der Waals surface area (Å²) in [6.45, 7) is 1.82. The Balaban J connectivity index is 2.62. The van der Waals surface area contributed by atoms with Crippen LogP contribution in [0.1, 0.15) is 27.6 Å². The van der Waals surface area contributed by atoms with Crippen LogP contribution in [0.5, 0.6) is 0 Å². The highest BCUT2D eigenvalue weighted by molar-refractivity contribution is 7.98. The van der Waals surface area contributed by atoms with Crippen LogP contribution in [0.25, 0.3) is 0 Å². The molecule has 1 aliphatic rings. The highest BCUT2D eigenvalue weighted by Gasteiger charge is 2.17. The van der Waals surface area contributed by atoms with Crippen LogP contribution < -0.4 is 0 Å². The maximum absolute atomic E-state index is 10.6. The van der Waals surface area contributed by atoms with Gasteiger partial charge in [0.05, 0.1) is 5.69 Å². The average Bonchev–Trinajstić information content (AvgIpc) is 2.50. The number of aldehydes is 1. The van der Waals surface area contributed by atoms with Gasteiger partial charge in [0, 0.05) is 17.1 Å². The molecule has 0 bridgehead atoms. The predicted molar refractivity (Wildman–Crippen MR) is 47.2 cm³/mol. The van der Waals surface area contributed by atoms with E-state index in [1.165, 1.54) is 0 Å². The second-order valence-electron chi connectivity index (χ2n) is 2.69. The maximum atomic E-state index is 10.6. The highest BCUT2D eigenvalue weighted by Crippen LogP contribution is 2.29. The Morgan fingerprint density at radius 2 is 2.25 bits per heavy atom. The summed E-state index contributed by atoms with van der Waals surface area (Å²) in [5.41, 5.74) is 2.64. The van der Waals surface area contributed by atoms with Gasteiger partial charge in [0.2, 0.25) is 0 Å². The summed E-state index contributed by atoms with van der Waals surface area (Å²) >= 11 is 1.78. The fourth-order valence-corrected chi connectivity index (χ4v) is 2.35. The summed E-state index contributed by atoms with van der Waals surface area (Å²) in [5.74, 6) is 2.49. The first-order valence-corrected chi connectivity index (χ1v) is 4.86. The summed E-state index contributed by atoms with van der Waals surface area (Å²) in [7, 11) is 0. The van der Waals surface area contributed by atoms with Crippen LogP contribution >= 0.6 is 11.8 Å². The minimum atomic E-state index is 0.572. The van der Waals surface area contributed by atoms with Gasteiger partial charge in [-0.15, -0.1) is 0 Å². The first-order valence-electron chi connectivity index (χ1n) is 3.70. The number of aryl methyl sites for hydroxylation is 1. The molecule has 62 valence electrons. The molecule has 0 radical (unpaired) electrons. The zero-order valence-corrected chi connectivity index (χ0v) is 7.52. The number of carbonyl (C=O) groups is 1. The van der Waals surface area contributed by atoms with E-state index in [0.29, 0.717) is 11.5 Å². The SMILES string of the molecule is Cc1nc(C=O)c2c(n1)CSC2. The number of fused-ring (bicyclic) bond motifs is 1. The zero-order chi connectivity index (χ0) is 8.55. The molecule has 0 saturated heterocycles. The Morgan fingerprint density at radius 1 is 1.42 bits per heavy atom.